The van der Waals surface area contributed by atoms with E-state index < -0.39 is 0 Å². The van der Waals surface area contributed by atoms with Crippen molar-refractivity contribution in [1.82, 2.24) is 24.7 Å². The number of rotatable bonds is 5. The van der Waals surface area contributed by atoms with E-state index in [9.17, 15) is 4.79 Å². The van der Waals surface area contributed by atoms with Crippen molar-refractivity contribution in [3.05, 3.63) is 107 Å². The van der Waals surface area contributed by atoms with E-state index in [1.807, 2.05) is 80.7 Å². The molecule has 0 fully saturated rings. The Morgan fingerprint density at radius 2 is 1.66 bits per heavy atom. The largest absolute Gasteiger partial charge is 0.359 e. The van der Waals surface area contributed by atoms with Crippen LogP contribution in [0.2, 0.25) is 0 Å². The summed E-state index contributed by atoms with van der Waals surface area (Å²) in [4.78, 5) is 28.4. The van der Waals surface area contributed by atoms with Crippen LogP contribution in [0.15, 0.2) is 79.1 Å². The summed E-state index contributed by atoms with van der Waals surface area (Å²) in [5.74, 6) is 1.18. The molecule has 0 saturated carbocycles. The van der Waals surface area contributed by atoms with Gasteiger partial charge in [0, 0.05) is 47.7 Å². The average Bonchev–Trinajstić information content (AvgIpc) is 3.65. The summed E-state index contributed by atoms with van der Waals surface area (Å²) in [6, 6.07) is 22.4. The van der Waals surface area contributed by atoms with E-state index in [0.717, 1.165) is 61.4 Å². The second kappa shape index (κ2) is 9.45. The average molecular weight is 540 g/mol. The number of H-pyrrole nitrogens is 1. The molecule has 0 atom stereocenters. The van der Waals surface area contributed by atoms with E-state index in [1.165, 1.54) is 5.56 Å². The Balaban J connectivity index is 1.27. The highest BCUT2D eigenvalue weighted by Crippen LogP contribution is 2.40. The Labute approximate surface area is 237 Å². The van der Waals surface area contributed by atoms with Crippen LogP contribution < -0.4 is 10.2 Å². The monoisotopic (exact) mass is 539 g/mol. The third-order valence-corrected chi connectivity index (χ3v) is 7.97. The molecule has 41 heavy (non-hydrogen) atoms. The molecule has 0 aliphatic carbocycles. The van der Waals surface area contributed by atoms with E-state index in [-0.39, 0.29) is 5.91 Å². The van der Waals surface area contributed by atoms with Gasteiger partial charge in [0.15, 0.2) is 5.82 Å². The Morgan fingerprint density at radius 3 is 2.46 bits per heavy atom. The van der Waals surface area contributed by atoms with Gasteiger partial charge in [-0.3, -0.25) is 9.48 Å². The third-order valence-electron chi connectivity index (χ3n) is 7.97. The number of benzene rings is 3. The van der Waals surface area contributed by atoms with Gasteiger partial charge in [-0.25, -0.2) is 9.97 Å². The number of hydrogen-bond acceptors (Lipinski definition) is 5. The lowest BCUT2D eigenvalue weighted by molar-refractivity contribution is 0.0997. The molecule has 0 saturated heterocycles. The van der Waals surface area contributed by atoms with E-state index in [0.29, 0.717) is 18.3 Å². The number of hydrogen-bond donors (Lipinski definition) is 2. The summed E-state index contributed by atoms with van der Waals surface area (Å²) in [6.45, 7) is 6.62. The van der Waals surface area contributed by atoms with E-state index in [1.54, 1.807) is 4.68 Å². The minimum absolute atomic E-state index is 0.00874. The Morgan fingerprint density at radius 1 is 0.878 bits per heavy atom. The number of aryl methyl sites for hydroxylation is 4. The molecule has 1 amide bonds. The van der Waals surface area contributed by atoms with E-state index in [4.69, 9.17) is 4.98 Å². The Hall–Kier alpha value is -5.24. The van der Waals surface area contributed by atoms with Crippen molar-refractivity contribution in [3.63, 3.8) is 0 Å². The molecule has 1 aliphatic rings. The maximum atomic E-state index is 13.8. The number of fused-ring (bicyclic) bond motifs is 2. The maximum absolute atomic E-state index is 13.8. The minimum atomic E-state index is 0.00874. The first-order valence-corrected chi connectivity index (χ1v) is 13.6. The van der Waals surface area contributed by atoms with Gasteiger partial charge in [0.2, 0.25) is 5.95 Å². The zero-order valence-electron chi connectivity index (χ0n) is 23.4. The van der Waals surface area contributed by atoms with Gasteiger partial charge < -0.3 is 15.2 Å². The van der Waals surface area contributed by atoms with Crippen molar-refractivity contribution < 1.29 is 4.79 Å². The van der Waals surface area contributed by atoms with E-state index in [2.05, 4.69) is 51.6 Å². The fraction of sp³-hybridized carbons (Fsp3) is 0.152. The number of aromatic amines is 1. The molecule has 0 bridgehead atoms. The van der Waals surface area contributed by atoms with Crippen LogP contribution in [0, 0.1) is 20.8 Å². The lowest BCUT2D eigenvalue weighted by Gasteiger charge is -2.17. The molecule has 2 N–H and O–H groups in total. The summed E-state index contributed by atoms with van der Waals surface area (Å²) >= 11 is 0. The molecule has 0 radical (unpaired) electrons. The van der Waals surface area contributed by atoms with Crippen LogP contribution in [0.4, 0.5) is 17.5 Å². The summed E-state index contributed by atoms with van der Waals surface area (Å²) in [5, 5.41) is 8.68. The summed E-state index contributed by atoms with van der Waals surface area (Å²) in [7, 11) is 1.90. The van der Waals surface area contributed by atoms with Gasteiger partial charge in [0.1, 0.15) is 0 Å². The van der Waals surface area contributed by atoms with Crippen LogP contribution in [0.25, 0.3) is 33.3 Å². The second-order valence-electron chi connectivity index (χ2n) is 10.6. The number of anilines is 3. The van der Waals surface area contributed by atoms with Gasteiger partial charge in [0.25, 0.3) is 5.91 Å². The Kier molecular flexibility index (Phi) is 5.71. The predicted molar refractivity (Wildman–Crippen MR) is 162 cm³/mol. The quantitative estimate of drug-likeness (QED) is 0.250. The number of aromatic nitrogens is 5. The van der Waals surface area contributed by atoms with Gasteiger partial charge in [0.05, 0.1) is 23.4 Å². The zero-order chi connectivity index (χ0) is 28.2. The molecular formula is C33H29N7O. The number of carbonyl (C=O) groups is 1. The van der Waals surface area contributed by atoms with Gasteiger partial charge in [-0.1, -0.05) is 48.5 Å². The summed E-state index contributed by atoms with van der Waals surface area (Å²) in [6.07, 6.45) is 3.78. The molecule has 8 heteroatoms. The van der Waals surface area contributed by atoms with Crippen molar-refractivity contribution in [2.45, 2.75) is 27.3 Å². The highest BCUT2D eigenvalue weighted by atomic mass is 16.2. The molecule has 1 aliphatic heterocycles. The van der Waals surface area contributed by atoms with Gasteiger partial charge in [-0.15, -0.1) is 0 Å². The van der Waals surface area contributed by atoms with Crippen molar-refractivity contribution in [3.8, 4) is 22.4 Å². The zero-order valence-corrected chi connectivity index (χ0v) is 23.4. The van der Waals surface area contributed by atoms with Crippen LogP contribution in [0.5, 0.6) is 0 Å². The molecule has 3 aromatic carbocycles. The van der Waals surface area contributed by atoms with Crippen LogP contribution in [0.1, 0.15) is 32.7 Å². The van der Waals surface area contributed by atoms with Gasteiger partial charge in [-0.05, 0) is 60.7 Å². The summed E-state index contributed by atoms with van der Waals surface area (Å²) in [5.41, 5.74) is 10.8. The van der Waals surface area contributed by atoms with Crippen LogP contribution >= 0.6 is 0 Å². The standard InChI is InChI=1S/C33H29N7O/c1-19-9-5-6-10-22(19)23-11-7-13-25-27(23)18-40(32(25)41)28-14-8-12-24-26(17-34-31(24)28)30-20(2)16-35-33(37-30)36-29-15-21(3)39(4)38-29/h5-17,34H,18H2,1-4H3,(H,35,36,37,38). The van der Waals surface area contributed by atoms with Crippen molar-refractivity contribution in [1.29, 1.82) is 0 Å². The molecule has 3 aromatic heterocycles. The second-order valence-corrected chi connectivity index (χ2v) is 10.6. The van der Waals surface area contributed by atoms with Crippen LogP contribution in [-0.4, -0.2) is 30.6 Å². The first-order chi connectivity index (χ1) is 19.9. The van der Waals surface area contributed by atoms with Crippen molar-refractivity contribution in [2.24, 2.45) is 7.05 Å². The number of amides is 1. The molecule has 202 valence electrons. The molecule has 0 unspecified atom stereocenters. The first-order valence-electron chi connectivity index (χ1n) is 13.6. The number of nitrogens with zero attached hydrogens (tertiary/aromatic N) is 5. The van der Waals surface area contributed by atoms with E-state index >= 15 is 0 Å². The lowest BCUT2D eigenvalue weighted by Crippen LogP contribution is -2.23. The highest BCUT2D eigenvalue weighted by Gasteiger charge is 2.32. The van der Waals surface area contributed by atoms with Gasteiger partial charge in [-0.2, -0.15) is 5.10 Å². The molecular weight excluding hydrogens is 510 g/mol. The van der Waals surface area contributed by atoms with Crippen LogP contribution in [-0.2, 0) is 13.6 Å². The first kappa shape index (κ1) is 24.8. The number of nitrogens with one attached hydrogen (secondary N) is 2. The molecule has 7 rings (SSSR count). The van der Waals surface area contributed by atoms with Crippen molar-refractivity contribution in [2.75, 3.05) is 10.2 Å². The fourth-order valence-corrected chi connectivity index (χ4v) is 5.73. The normalized spacial score (nSPS) is 12.8. The maximum Gasteiger partial charge on any atom is 0.259 e. The summed E-state index contributed by atoms with van der Waals surface area (Å²) < 4.78 is 1.81. The third kappa shape index (κ3) is 4.07. The van der Waals surface area contributed by atoms with Crippen molar-refractivity contribution >= 4 is 34.3 Å². The minimum Gasteiger partial charge on any atom is -0.359 e. The molecule has 4 heterocycles. The molecule has 0 spiro atoms. The van der Waals surface area contributed by atoms with Gasteiger partial charge >= 0.3 is 0 Å². The highest BCUT2D eigenvalue weighted by molar-refractivity contribution is 6.15. The predicted octanol–water partition coefficient (Wildman–Crippen LogP) is 6.85. The van der Waals surface area contributed by atoms with Crippen LogP contribution in [0.3, 0.4) is 0 Å². The SMILES string of the molecule is Cc1ccccc1-c1cccc2c1CN(c1cccc3c(-c4nc(Nc5cc(C)n(C)n5)ncc4C)c[nH]c13)C2=O. The fourth-order valence-electron chi connectivity index (χ4n) is 5.73. The Bertz CT molecular complexity index is 1960. The smallest absolute Gasteiger partial charge is 0.259 e. The lowest BCUT2D eigenvalue weighted by atomic mass is 9.94. The molecule has 8 nitrogen and oxygen atoms in total. The topological polar surface area (TPSA) is 91.7 Å². The number of para-hydroxylation sites is 1. The molecule has 6 aromatic rings. The number of carbonyl (C=O) groups excluding carboxylic acids is 1.